The summed E-state index contributed by atoms with van der Waals surface area (Å²) < 4.78 is 19.0. The van der Waals surface area contributed by atoms with Crippen LogP contribution >= 0.6 is 11.3 Å². The van der Waals surface area contributed by atoms with Gasteiger partial charge in [0.15, 0.2) is 0 Å². The molecule has 0 aliphatic carbocycles. The Balaban J connectivity index is 1.55. The third kappa shape index (κ3) is 8.22. The Morgan fingerprint density at radius 3 is 2.23 bits per heavy atom. The third-order valence-electron chi connectivity index (χ3n) is 7.34. The second-order valence-electron chi connectivity index (χ2n) is 11.4. The van der Waals surface area contributed by atoms with Gasteiger partial charge >= 0.3 is 0 Å². The first-order valence-electron chi connectivity index (χ1n) is 13.9. The zero-order valence-electron chi connectivity index (χ0n) is 24.0. The fraction of sp³-hybridized carbons (Fsp3) is 0.438. The molecule has 1 fully saturated rings. The zero-order chi connectivity index (χ0) is 28.7. The number of carbonyl (C=O) groups excluding carboxylic acids is 2. The van der Waals surface area contributed by atoms with Gasteiger partial charge in [-0.3, -0.25) is 14.5 Å². The monoisotopic (exact) mass is 565 g/mol. The standard InChI is InChI=1S/C32H40FN3O3S/c1-24-13-20-40-29(24)22-36(21-25-5-11-28(33)12-6-25)30(37)23-35(15-14-34-16-18-39-19-17-34)31(38)26-7-9-27(10-8-26)32(2,3)4/h5-13,20H,14-19,21-23H2,1-4H3. The molecule has 4 rings (SSSR count). The number of halogens is 1. The van der Waals surface area contributed by atoms with E-state index in [1.165, 1.54) is 12.1 Å². The van der Waals surface area contributed by atoms with Crippen LogP contribution < -0.4 is 0 Å². The summed E-state index contributed by atoms with van der Waals surface area (Å²) in [4.78, 5) is 34.4. The van der Waals surface area contributed by atoms with E-state index >= 15 is 0 Å². The molecule has 1 saturated heterocycles. The molecule has 0 atom stereocenters. The van der Waals surface area contributed by atoms with Crippen LogP contribution in [0.5, 0.6) is 0 Å². The molecule has 40 heavy (non-hydrogen) atoms. The van der Waals surface area contributed by atoms with Gasteiger partial charge in [-0.05, 0) is 64.7 Å². The van der Waals surface area contributed by atoms with Gasteiger partial charge < -0.3 is 14.5 Å². The van der Waals surface area contributed by atoms with Crippen LogP contribution in [0.4, 0.5) is 4.39 Å². The first-order chi connectivity index (χ1) is 19.1. The van der Waals surface area contributed by atoms with E-state index < -0.39 is 0 Å². The van der Waals surface area contributed by atoms with Crippen LogP contribution in [0.3, 0.4) is 0 Å². The topological polar surface area (TPSA) is 53.1 Å². The number of hydrogen-bond donors (Lipinski definition) is 0. The highest BCUT2D eigenvalue weighted by molar-refractivity contribution is 7.10. The van der Waals surface area contributed by atoms with Gasteiger partial charge in [-0.25, -0.2) is 4.39 Å². The van der Waals surface area contributed by atoms with E-state index in [9.17, 15) is 14.0 Å². The van der Waals surface area contributed by atoms with Crippen LogP contribution in [-0.4, -0.2) is 72.5 Å². The van der Waals surface area contributed by atoms with Crippen molar-refractivity contribution in [3.63, 3.8) is 0 Å². The second-order valence-corrected chi connectivity index (χ2v) is 12.4. The maximum Gasteiger partial charge on any atom is 0.254 e. The van der Waals surface area contributed by atoms with Crippen molar-refractivity contribution in [2.45, 2.75) is 46.2 Å². The number of carbonyl (C=O) groups is 2. The first-order valence-corrected chi connectivity index (χ1v) is 14.7. The Morgan fingerprint density at radius 1 is 0.950 bits per heavy atom. The highest BCUT2D eigenvalue weighted by atomic mass is 32.1. The molecule has 3 aromatic rings. The average Bonchev–Trinajstić information content (AvgIpc) is 3.35. The number of ether oxygens (including phenoxy) is 1. The third-order valence-corrected chi connectivity index (χ3v) is 8.35. The highest BCUT2D eigenvalue weighted by Gasteiger charge is 2.25. The van der Waals surface area contributed by atoms with E-state index in [1.807, 2.05) is 42.6 Å². The number of amides is 2. The lowest BCUT2D eigenvalue weighted by Crippen LogP contribution is -2.47. The van der Waals surface area contributed by atoms with E-state index in [1.54, 1.807) is 33.3 Å². The first kappa shape index (κ1) is 29.9. The quantitative estimate of drug-likeness (QED) is 0.326. The molecule has 1 aromatic heterocycles. The van der Waals surface area contributed by atoms with Crippen LogP contribution in [-0.2, 0) is 28.0 Å². The maximum absolute atomic E-state index is 13.9. The maximum atomic E-state index is 13.9. The molecular formula is C32H40FN3O3S. The average molecular weight is 566 g/mol. The van der Waals surface area contributed by atoms with E-state index in [-0.39, 0.29) is 29.6 Å². The number of thiophene rings is 1. The Kier molecular flexibility index (Phi) is 10.1. The van der Waals surface area contributed by atoms with E-state index in [2.05, 4.69) is 25.7 Å². The Morgan fingerprint density at radius 2 is 1.62 bits per heavy atom. The fourth-order valence-corrected chi connectivity index (χ4v) is 5.60. The van der Waals surface area contributed by atoms with Gasteiger partial charge in [-0.15, -0.1) is 11.3 Å². The molecule has 0 radical (unpaired) electrons. The van der Waals surface area contributed by atoms with Crippen molar-refractivity contribution in [3.8, 4) is 0 Å². The van der Waals surface area contributed by atoms with Crippen LogP contribution in [0.2, 0.25) is 0 Å². The second kappa shape index (κ2) is 13.5. The minimum absolute atomic E-state index is 0.0195. The summed E-state index contributed by atoms with van der Waals surface area (Å²) in [6.07, 6.45) is 0. The largest absolute Gasteiger partial charge is 0.379 e. The van der Waals surface area contributed by atoms with Crippen LogP contribution in [0.25, 0.3) is 0 Å². The van der Waals surface area contributed by atoms with Crippen molar-refractivity contribution in [2.24, 2.45) is 0 Å². The molecule has 0 spiro atoms. The van der Waals surface area contributed by atoms with Crippen LogP contribution in [0.15, 0.2) is 60.0 Å². The molecule has 1 aliphatic heterocycles. The summed E-state index contributed by atoms with van der Waals surface area (Å²) in [5, 5.41) is 2.02. The molecule has 0 N–H and O–H groups in total. The number of morpholine rings is 1. The predicted molar refractivity (Wildman–Crippen MR) is 158 cm³/mol. The molecule has 1 aliphatic rings. The summed E-state index contributed by atoms with van der Waals surface area (Å²) in [6.45, 7) is 13.3. The summed E-state index contributed by atoms with van der Waals surface area (Å²) in [5.74, 6) is -0.608. The number of rotatable bonds is 10. The number of benzene rings is 2. The van der Waals surface area contributed by atoms with Crippen molar-refractivity contribution < 1.29 is 18.7 Å². The number of aryl methyl sites for hydroxylation is 1. The highest BCUT2D eigenvalue weighted by Crippen LogP contribution is 2.23. The van der Waals surface area contributed by atoms with Crippen LogP contribution in [0, 0.1) is 12.7 Å². The van der Waals surface area contributed by atoms with Crippen molar-refractivity contribution in [3.05, 3.63) is 92.9 Å². The lowest BCUT2D eigenvalue weighted by molar-refractivity contribution is -0.133. The molecular weight excluding hydrogens is 525 g/mol. The van der Waals surface area contributed by atoms with Gasteiger partial charge in [0.2, 0.25) is 5.91 Å². The van der Waals surface area contributed by atoms with Crippen molar-refractivity contribution in [1.29, 1.82) is 0 Å². The predicted octanol–water partition coefficient (Wildman–Crippen LogP) is 5.50. The Labute approximate surface area is 241 Å². The number of nitrogens with zero attached hydrogens (tertiary/aromatic N) is 3. The molecule has 0 saturated carbocycles. The van der Waals surface area contributed by atoms with Gasteiger partial charge in [0.25, 0.3) is 5.91 Å². The van der Waals surface area contributed by atoms with Gasteiger partial charge in [0.05, 0.1) is 19.8 Å². The molecule has 2 heterocycles. The van der Waals surface area contributed by atoms with Crippen molar-refractivity contribution in [2.75, 3.05) is 45.9 Å². The number of hydrogen-bond acceptors (Lipinski definition) is 5. The van der Waals surface area contributed by atoms with Gasteiger partial charge in [-0.2, -0.15) is 0 Å². The molecule has 0 bridgehead atoms. The SMILES string of the molecule is Cc1ccsc1CN(Cc1ccc(F)cc1)C(=O)CN(CCN1CCOCC1)C(=O)c1ccc(C(C)(C)C)cc1. The molecule has 214 valence electrons. The van der Waals surface area contributed by atoms with E-state index in [4.69, 9.17) is 4.74 Å². The smallest absolute Gasteiger partial charge is 0.254 e. The zero-order valence-corrected chi connectivity index (χ0v) is 24.8. The summed E-state index contributed by atoms with van der Waals surface area (Å²) in [7, 11) is 0. The summed E-state index contributed by atoms with van der Waals surface area (Å²) >= 11 is 1.61. The normalized spacial score (nSPS) is 14.2. The van der Waals surface area contributed by atoms with Crippen molar-refractivity contribution >= 4 is 23.2 Å². The molecule has 6 nitrogen and oxygen atoms in total. The molecule has 2 aromatic carbocycles. The van der Waals surface area contributed by atoms with E-state index in [0.29, 0.717) is 45.0 Å². The fourth-order valence-electron chi connectivity index (χ4n) is 4.68. The Hall–Kier alpha value is -3.07. The molecule has 2 amide bonds. The lowest BCUT2D eigenvalue weighted by Gasteiger charge is -2.31. The van der Waals surface area contributed by atoms with Crippen LogP contribution in [0.1, 0.15) is 52.7 Å². The van der Waals surface area contributed by atoms with Gasteiger partial charge in [0.1, 0.15) is 12.4 Å². The summed E-state index contributed by atoms with van der Waals surface area (Å²) in [6, 6.07) is 16.0. The van der Waals surface area contributed by atoms with Gasteiger partial charge in [-0.1, -0.05) is 45.0 Å². The van der Waals surface area contributed by atoms with Gasteiger partial charge in [0, 0.05) is 43.2 Å². The minimum Gasteiger partial charge on any atom is -0.379 e. The summed E-state index contributed by atoms with van der Waals surface area (Å²) in [5.41, 5.74) is 3.67. The van der Waals surface area contributed by atoms with E-state index in [0.717, 1.165) is 34.7 Å². The minimum atomic E-state index is -0.312. The molecule has 8 heteroatoms. The Bertz CT molecular complexity index is 1260. The lowest BCUT2D eigenvalue weighted by atomic mass is 9.86. The van der Waals surface area contributed by atoms with Crippen molar-refractivity contribution in [1.82, 2.24) is 14.7 Å². The molecule has 0 unspecified atom stereocenters.